The predicted octanol–water partition coefficient (Wildman–Crippen LogP) is 3.29. The fourth-order valence-corrected chi connectivity index (χ4v) is 3.34. The van der Waals surface area contributed by atoms with Crippen LogP contribution in [0.15, 0.2) is 61.2 Å². The molecule has 0 aliphatic carbocycles. The van der Waals surface area contributed by atoms with Crippen LogP contribution in [0.3, 0.4) is 0 Å². The maximum atomic E-state index is 12.9. The minimum atomic E-state index is -0.0739. The van der Waals surface area contributed by atoms with Crippen molar-refractivity contribution in [2.45, 2.75) is 18.9 Å². The molecule has 29 heavy (non-hydrogen) atoms. The van der Waals surface area contributed by atoms with Gasteiger partial charge in [0.05, 0.1) is 7.11 Å². The van der Waals surface area contributed by atoms with Crippen LogP contribution in [0.1, 0.15) is 33.6 Å². The highest BCUT2D eigenvalue weighted by molar-refractivity contribution is 5.95. The Morgan fingerprint density at radius 3 is 2.48 bits per heavy atom. The number of hydrogen-bond acceptors (Lipinski definition) is 4. The first-order valence-electron chi connectivity index (χ1n) is 9.69. The zero-order chi connectivity index (χ0) is 20.6. The number of carbonyl (C=O) groups excluding carboxylic acids is 2. The van der Waals surface area contributed by atoms with Gasteiger partial charge in [-0.2, -0.15) is 0 Å². The number of hydrogen-bond donors (Lipinski definition) is 1. The molecule has 0 bridgehead atoms. The van der Waals surface area contributed by atoms with Crippen LogP contribution in [-0.2, 0) is 0 Å². The molecule has 0 unspecified atom stereocenters. The molecule has 0 saturated carbocycles. The van der Waals surface area contributed by atoms with Gasteiger partial charge in [0.25, 0.3) is 11.8 Å². The first-order valence-corrected chi connectivity index (χ1v) is 9.69. The van der Waals surface area contributed by atoms with E-state index in [-0.39, 0.29) is 17.9 Å². The summed E-state index contributed by atoms with van der Waals surface area (Å²) in [6.45, 7) is 5.18. The van der Waals surface area contributed by atoms with E-state index in [1.165, 1.54) is 0 Å². The van der Waals surface area contributed by atoms with Gasteiger partial charge in [-0.25, -0.2) is 0 Å². The normalized spacial score (nSPS) is 14.2. The predicted molar refractivity (Wildman–Crippen MR) is 112 cm³/mol. The van der Waals surface area contributed by atoms with Crippen molar-refractivity contribution in [2.75, 3.05) is 26.8 Å². The lowest BCUT2D eigenvalue weighted by Gasteiger charge is -2.32. The zero-order valence-electron chi connectivity index (χ0n) is 16.6. The lowest BCUT2D eigenvalue weighted by molar-refractivity contribution is 0.0697. The number of methoxy groups -OCH3 is 1. The summed E-state index contributed by atoms with van der Waals surface area (Å²) in [7, 11) is 1.55. The van der Waals surface area contributed by atoms with Crippen molar-refractivity contribution in [3.63, 3.8) is 0 Å². The molecule has 6 nitrogen and oxygen atoms in total. The second kappa shape index (κ2) is 9.78. The minimum absolute atomic E-state index is 0.0496. The number of benzene rings is 2. The van der Waals surface area contributed by atoms with E-state index in [4.69, 9.17) is 9.47 Å². The van der Waals surface area contributed by atoms with E-state index in [0.29, 0.717) is 42.3 Å². The molecule has 2 aromatic rings. The van der Waals surface area contributed by atoms with Crippen molar-refractivity contribution in [1.82, 2.24) is 10.2 Å². The molecule has 2 amide bonds. The molecule has 1 heterocycles. The maximum absolute atomic E-state index is 12.9. The molecule has 6 heteroatoms. The molecular formula is C23H26N2O4. The molecular weight excluding hydrogens is 368 g/mol. The lowest BCUT2D eigenvalue weighted by atomic mass is 10.0. The molecule has 0 aromatic heterocycles. The second-order valence-electron chi connectivity index (χ2n) is 6.87. The van der Waals surface area contributed by atoms with Gasteiger partial charge in [-0.3, -0.25) is 9.59 Å². The molecule has 2 aromatic carbocycles. The fraction of sp³-hybridized carbons (Fsp3) is 0.304. The lowest BCUT2D eigenvalue weighted by Crippen LogP contribution is -2.46. The van der Waals surface area contributed by atoms with Crippen LogP contribution in [-0.4, -0.2) is 49.6 Å². The Morgan fingerprint density at radius 2 is 1.83 bits per heavy atom. The third-order valence-electron chi connectivity index (χ3n) is 4.92. The second-order valence-corrected chi connectivity index (χ2v) is 6.87. The standard InChI is InChI=1S/C23H26N2O4/c1-3-15-29-20-10-9-18(16-21(20)28-2)23(27)25-13-11-19(12-14-25)24-22(26)17-7-5-4-6-8-17/h3-10,16,19H,1,11-15H2,2H3,(H,24,26). The molecule has 1 aliphatic rings. The average Bonchev–Trinajstić information content (AvgIpc) is 2.78. The summed E-state index contributed by atoms with van der Waals surface area (Å²) < 4.78 is 10.9. The van der Waals surface area contributed by atoms with Crippen LogP contribution in [0.2, 0.25) is 0 Å². The van der Waals surface area contributed by atoms with Crippen molar-refractivity contribution in [2.24, 2.45) is 0 Å². The van der Waals surface area contributed by atoms with E-state index >= 15 is 0 Å². The fourth-order valence-electron chi connectivity index (χ4n) is 3.34. The third kappa shape index (κ3) is 5.16. The number of carbonyl (C=O) groups is 2. The molecule has 152 valence electrons. The van der Waals surface area contributed by atoms with E-state index in [1.54, 1.807) is 43.5 Å². The van der Waals surface area contributed by atoms with E-state index < -0.39 is 0 Å². The highest BCUT2D eigenvalue weighted by atomic mass is 16.5. The molecule has 1 aliphatic heterocycles. The van der Waals surface area contributed by atoms with Crippen molar-refractivity contribution < 1.29 is 19.1 Å². The Morgan fingerprint density at radius 1 is 1.10 bits per heavy atom. The SMILES string of the molecule is C=CCOc1ccc(C(=O)N2CCC(NC(=O)c3ccccc3)CC2)cc1OC. The van der Waals surface area contributed by atoms with Gasteiger partial charge >= 0.3 is 0 Å². The average molecular weight is 394 g/mol. The molecule has 3 rings (SSSR count). The van der Waals surface area contributed by atoms with Gasteiger partial charge in [0.2, 0.25) is 0 Å². The van der Waals surface area contributed by atoms with E-state index in [2.05, 4.69) is 11.9 Å². The van der Waals surface area contributed by atoms with Gasteiger partial charge in [-0.05, 0) is 43.2 Å². The summed E-state index contributed by atoms with van der Waals surface area (Å²) in [6.07, 6.45) is 3.10. The van der Waals surface area contributed by atoms with Gasteiger partial charge < -0.3 is 19.7 Å². The van der Waals surface area contributed by atoms with Crippen molar-refractivity contribution >= 4 is 11.8 Å². The van der Waals surface area contributed by atoms with Crippen LogP contribution in [0.25, 0.3) is 0 Å². The number of piperidine rings is 1. The summed E-state index contributed by atoms with van der Waals surface area (Å²) >= 11 is 0. The van der Waals surface area contributed by atoms with Crippen LogP contribution in [0, 0.1) is 0 Å². The monoisotopic (exact) mass is 394 g/mol. The van der Waals surface area contributed by atoms with Crippen LogP contribution in [0.4, 0.5) is 0 Å². The summed E-state index contributed by atoms with van der Waals surface area (Å²) in [6, 6.07) is 14.4. The van der Waals surface area contributed by atoms with Crippen molar-refractivity contribution in [3.8, 4) is 11.5 Å². The van der Waals surface area contributed by atoms with Crippen LogP contribution < -0.4 is 14.8 Å². The number of amides is 2. The van der Waals surface area contributed by atoms with Crippen molar-refractivity contribution in [1.29, 1.82) is 0 Å². The molecule has 1 fully saturated rings. The van der Waals surface area contributed by atoms with Crippen LogP contribution in [0.5, 0.6) is 11.5 Å². The summed E-state index contributed by atoms with van der Waals surface area (Å²) in [5, 5.41) is 3.06. The van der Waals surface area contributed by atoms with Gasteiger partial charge in [-0.1, -0.05) is 30.9 Å². The first kappa shape index (κ1) is 20.5. The first-order chi connectivity index (χ1) is 14.1. The molecule has 0 spiro atoms. The Labute approximate surface area is 171 Å². The maximum Gasteiger partial charge on any atom is 0.253 e. The van der Waals surface area contributed by atoms with Gasteiger partial charge in [0.1, 0.15) is 6.61 Å². The highest BCUT2D eigenvalue weighted by Gasteiger charge is 2.25. The summed E-state index contributed by atoms with van der Waals surface area (Å²) in [5.74, 6) is 0.968. The summed E-state index contributed by atoms with van der Waals surface area (Å²) in [5.41, 5.74) is 1.21. The highest BCUT2D eigenvalue weighted by Crippen LogP contribution is 2.29. The Kier molecular flexibility index (Phi) is 6.89. The topological polar surface area (TPSA) is 67.9 Å². The minimum Gasteiger partial charge on any atom is -0.493 e. The number of ether oxygens (including phenoxy) is 2. The quantitative estimate of drug-likeness (QED) is 0.732. The largest absolute Gasteiger partial charge is 0.493 e. The summed E-state index contributed by atoms with van der Waals surface area (Å²) in [4.78, 5) is 27.0. The van der Waals surface area contributed by atoms with Crippen molar-refractivity contribution in [3.05, 3.63) is 72.3 Å². The number of likely N-dealkylation sites (tertiary alicyclic amines) is 1. The van der Waals surface area contributed by atoms with Gasteiger partial charge in [0, 0.05) is 30.3 Å². The molecule has 1 N–H and O–H groups in total. The Hall–Kier alpha value is -3.28. The zero-order valence-corrected chi connectivity index (χ0v) is 16.6. The number of rotatable bonds is 7. The molecule has 0 atom stereocenters. The smallest absolute Gasteiger partial charge is 0.253 e. The van der Waals surface area contributed by atoms with E-state index in [0.717, 1.165) is 12.8 Å². The van der Waals surface area contributed by atoms with E-state index in [9.17, 15) is 9.59 Å². The van der Waals surface area contributed by atoms with E-state index in [1.807, 2.05) is 23.1 Å². The number of nitrogens with zero attached hydrogens (tertiary/aromatic N) is 1. The Bertz CT molecular complexity index is 858. The van der Waals surface area contributed by atoms with Crippen LogP contribution >= 0.6 is 0 Å². The van der Waals surface area contributed by atoms with Gasteiger partial charge in [-0.15, -0.1) is 0 Å². The third-order valence-corrected chi connectivity index (χ3v) is 4.92. The molecule has 0 radical (unpaired) electrons. The molecule has 1 saturated heterocycles. The Balaban J connectivity index is 1.57. The number of nitrogens with one attached hydrogen (secondary N) is 1. The van der Waals surface area contributed by atoms with Gasteiger partial charge in [0.15, 0.2) is 11.5 Å².